The normalized spacial score (nSPS) is 10.8. The molecule has 0 fully saturated rings. The first-order valence-corrected chi connectivity index (χ1v) is 12.1. The molecule has 0 unspecified atom stereocenters. The number of nitrogens with one attached hydrogen (secondary N) is 1. The molecule has 0 saturated carbocycles. The number of hydrogen-bond donors (Lipinski definition) is 1. The zero-order valence-electron chi connectivity index (χ0n) is 19.8. The predicted molar refractivity (Wildman–Crippen MR) is 140 cm³/mol. The molecule has 0 radical (unpaired) electrons. The van der Waals surface area contributed by atoms with Crippen LogP contribution in [0.1, 0.15) is 28.4 Å². The van der Waals surface area contributed by atoms with Crippen molar-refractivity contribution < 1.29 is 23.7 Å². The van der Waals surface area contributed by atoms with Gasteiger partial charge in [0.25, 0.3) is 5.91 Å². The van der Waals surface area contributed by atoms with Crippen LogP contribution in [-0.2, 0) is 4.74 Å². The average Bonchev–Trinajstić information content (AvgIpc) is 2.86. The van der Waals surface area contributed by atoms with E-state index in [0.29, 0.717) is 54.6 Å². The number of para-hydroxylation sites is 1. The van der Waals surface area contributed by atoms with Crippen molar-refractivity contribution in [3.05, 3.63) is 87.9 Å². The maximum Gasteiger partial charge on any atom is 0.271 e. The van der Waals surface area contributed by atoms with Gasteiger partial charge < -0.3 is 18.9 Å². The third-order valence-corrected chi connectivity index (χ3v) is 5.39. The summed E-state index contributed by atoms with van der Waals surface area (Å²) in [5.41, 5.74) is 4.89. The Morgan fingerprint density at radius 3 is 2.37 bits per heavy atom. The van der Waals surface area contributed by atoms with Crippen LogP contribution in [0, 0.1) is 6.92 Å². The van der Waals surface area contributed by atoms with Crippen molar-refractivity contribution >= 4 is 28.1 Å². The molecule has 0 aromatic heterocycles. The van der Waals surface area contributed by atoms with Crippen LogP contribution in [0.3, 0.4) is 0 Å². The van der Waals surface area contributed by atoms with E-state index in [1.54, 1.807) is 36.5 Å². The summed E-state index contributed by atoms with van der Waals surface area (Å²) < 4.78 is 23.7. The molecule has 0 aliphatic carbocycles. The Morgan fingerprint density at radius 1 is 0.914 bits per heavy atom. The first kappa shape index (κ1) is 26.2. The Kier molecular flexibility index (Phi) is 10.6. The van der Waals surface area contributed by atoms with E-state index >= 15 is 0 Å². The highest BCUT2D eigenvalue weighted by molar-refractivity contribution is 9.10. The van der Waals surface area contributed by atoms with Gasteiger partial charge in [-0.15, -0.1) is 0 Å². The molecule has 3 aromatic carbocycles. The van der Waals surface area contributed by atoms with Crippen molar-refractivity contribution in [2.24, 2.45) is 5.10 Å². The van der Waals surface area contributed by atoms with E-state index in [1.807, 2.05) is 50.2 Å². The quantitative estimate of drug-likeness (QED) is 0.178. The van der Waals surface area contributed by atoms with E-state index in [1.165, 1.54) is 0 Å². The van der Waals surface area contributed by atoms with E-state index in [0.717, 1.165) is 16.9 Å². The van der Waals surface area contributed by atoms with E-state index in [9.17, 15) is 4.79 Å². The lowest BCUT2D eigenvalue weighted by Crippen LogP contribution is -2.17. The van der Waals surface area contributed by atoms with Gasteiger partial charge in [-0.2, -0.15) is 5.10 Å². The zero-order chi connectivity index (χ0) is 24.9. The predicted octanol–water partition coefficient (Wildman–Crippen LogP) is 5.39. The Labute approximate surface area is 214 Å². The maximum atomic E-state index is 12.1. The molecule has 1 N–H and O–H groups in total. The number of carbonyl (C=O) groups is 1. The summed E-state index contributed by atoms with van der Waals surface area (Å²) in [5, 5.41) is 4.05. The minimum Gasteiger partial charge on any atom is -0.491 e. The van der Waals surface area contributed by atoms with Crippen LogP contribution in [0.5, 0.6) is 17.2 Å². The second-order valence-electron chi connectivity index (χ2n) is 7.40. The Bertz CT molecular complexity index is 1120. The Morgan fingerprint density at radius 2 is 1.63 bits per heavy atom. The number of hydrazone groups is 1. The second kappa shape index (κ2) is 14.1. The van der Waals surface area contributed by atoms with Gasteiger partial charge in [-0.05, 0) is 71.2 Å². The molecular weight excluding hydrogens is 512 g/mol. The molecular formula is C27H29BrN2O5. The van der Waals surface area contributed by atoms with Gasteiger partial charge in [0.15, 0.2) is 11.5 Å². The van der Waals surface area contributed by atoms with Gasteiger partial charge in [0.05, 0.1) is 30.5 Å². The number of nitrogens with zero attached hydrogens (tertiary/aromatic N) is 1. The molecule has 184 valence electrons. The first-order valence-electron chi connectivity index (χ1n) is 11.3. The number of amides is 1. The molecule has 0 atom stereocenters. The fraction of sp³-hybridized carbons (Fsp3) is 0.259. The van der Waals surface area contributed by atoms with Crippen molar-refractivity contribution in [2.75, 3.05) is 33.0 Å². The zero-order valence-corrected chi connectivity index (χ0v) is 21.4. The lowest BCUT2D eigenvalue weighted by molar-refractivity contribution is 0.0752. The minimum absolute atomic E-state index is 0.282. The first-order chi connectivity index (χ1) is 17.1. The molecule has 3 aromatic rings. The maximum absolute atomic E-state index is 12.1. The molecule has 0 aliphatic rings. The summed E-state index contributed by atoms with van der Waals surface area (Å²) in [6, 6.07) is 20.4. The van der Waals surface area contributed by atoms with Gasteiger partial charge in [-0.1, -0.05) is 36.4 Å². The third kappa shape index (κ3) is 8.42. The fourth-order valence-corrected chi connectivity index (χ4v) is 3.69. The van der Waals surface area contributed by atoms with Gasteiger partial charge in [0.1, 0.15) is 19.0 Å². The Balaban J connectivity index is 1.48. The van der Waals surface area contributed by atoms with Crippen LogP contribution >= 0.6 is 15.9 Å². The summed E-state index contributed by atoms with van der Waals surface area (Å²) in [7, 11) is 0. The fourth-order valence-electron chi connectivity index (χ4n) is 3.12. The van der Waals surface area contributed by atoms with Crippen molar-refractivity contribution in [1.29, 1.82) is 0 Å². The highest BCUT2D eigenvalue weighted by Crippen LogP contribution is 2.36. The summed E-state index contributed by atoms with van der Waals surface area (Å²) in [5.74, 6) is 1.73. The lowest BCUT2D eigenvalue weighted by Gasteiger charge is -2.15. The summed E-state index contributed by atoms with van der Waals surface area (Å²) in [6.45, 7) is 6.06. The van der Waals surface area contributed by atoms with E-state index < -0.39 is 0 Å². The van der Waals surface area contributed by atoms with Crippen LogP contribution in [0.15, 0.2) is 76.3 Å². The number of ether oxygens (including phenoxy) is 4. The molecule has 35 heavy (non-hydrogen) atoms. The van der Waals surface area contributed by atoms with Gasteiger partial charge >= 0.3 is 0 Å². The summed E-state index contributed by atoms with van der Waals surface area (Å²) >= 11 is 3.54. The number of benzene rings is 3. The smallest absolute Gasteiger partial charge is 0.271 e. The molecule has 0 saturated heterocycles. The average molecular weight is 541 g/mol. The van der Waals surface area contributed by atoms with Crippen LogP contribution in [0.4, 0.5) is 0 Å². The van der Waals surface area contributed by atoms with Crippen LogP contribution in [-0.4, -0.2) is 45.2 Å². The molecule has 0 bridgehead atoms. The van der Waals surface area contributed by atoms with Crippen LogP contribution in [0.25, 0.3) is 0 Å². The SMILES string of the molecule is CCOc1cc(/C=N\NC(=O)c2ccccc2)cc(Br)c1OCCOCCOc1ccccc1C. The van der Waals surface area contributed by atoms with Gasteiger partial charge in [-0.25, -0.2) is 5.43 Å². The van der Waals surface area contributed by atoms with Gasteiger partial charge in [-0.3, -0.25) is 4.79 Å². The summed E-state index contributed by atoms with van der Waals surface area (Å²) in [4.78, 5) is 12.1. The molecule has 7 nitrogen and oxygen atoms in total. The number of carbonyl (C=O) groups excluding carboxylic acids is 1. The highest BCUT2D eigenvalue weighted by atomic mass is 79.9. The molecule has 8 heteroatoms. The number of rotatable bonds is 13. The lowest BCUT2D eigenvalue weighted by atomic mass is 10.2. The van der Waals surface area contributed by atoms with Gasteiger partial charge in [0, 0.05) is 5.56 Å². The number of aryl methyl sites for hydroxylation is 1. The minimum atomic E-state index is -0.282. The van der Waals surface area contributed by atoms with E-state index in [2.05, 4.69) is 26.5 Å². The second-order valence-corrected chi connectivity index (χ2v) is 8.26. The topological polar surface area (TPSA) is 78.4 Å². The molecule has 0 aliphatic heterocycles. The highest BCUT2D eigenvalue weighted by Gasteiger charge is 2.12. The van der Waals surface area contributed by atoms with Gasteiger partial charge in [0.2, 0.25) is 0 Å². The third-order valence-electron chi connectivity index (χ3n) is 4.80. The van der Waals surface area contributed by atoms with E-state index in [-0.39, 0.29) is 5.91 Å². The largest absolute Gasteiger partial charge is 0.491 e. The van der Waals surface area contributed by atoms with E-state index in [4.69, 9.17) is 18.9 Å². The van der Waals surface area contributed by atoms with Crippen molar-refractivity contribution in [3.8, 4) is 17.2 Å². The van der Waals surface area contributed by atoms with Crippen LogP contribution < -0.4 is 19.6 Å². The summed E-state index contributed by atoms with van der Waals surface area (Å²) in [6.07, 6.45) is 1.55. The number of hydrogen-bond acceptors (Lipinski definition) is 6. The van der Waals surface area contributed by atoms with Crippen molar-refractivity contribution in [3.63, 3.8) is 0 Å². The Hall–Kier alpha value is -3.36. The molecule has 0 spiro atoms. The monoisotopic (exact) mass is 540 g/mol. The molecule has 1 amide bonds. The standard InChI is InChI=1S/C27H29BrN2O5/c1-3-33-25-18-21(19-29-30-27(31)22-10-5-4-6-11-22)17-23(28)26(25)35-16-14-32-13-15-34-24-12-8-7-9-20(24)2/h4-12,17-19H,3,13-16H2,1-2H3,(H,30,31)/b29-19-. The van der Waals surface area contributed by atoms with Crippen molar-refractivity contribution in [1.82, 2.24) is 5.43 Å². The van der Waals surface area contributed by atoms with Crippen LogP contribution in [0.2, 0.25) is 0 Å². The molecule has 0 heterocycles. The molecule has 3 rings (SSSR count). The van der Waals surface area contributed by atoms with Crippen molar-refractivity contribution in [2.45, 2.75) is 13.8 Å². The number of halogens is 1.